The van der Waals surface area contributed by atoms with E-state index in [9.17, 15) is 13.2 Å². The van der Waals surface area contributed by atoms with Gasteiger partial charge in [0.05, 0.1) is 24.8 Å². The number of aromatic nitrogens is 1. The molecule has 2 aromatic carbocycles. The quantitative estimate of drug-likeness (QED) is 0.574. The molecular formula is C20H21N3O5S2. The summed E-state index contributed by atoms with van der Waals surface area (Å²) in [5.74, 6) is 0.885. The molecular weight excluding hydrogens is 426 g/mol. The van der Waals surface area contributed by atoms with Gasteiger partial charge >= 0.3 is 0 Å². The van der Waals surface area contributed by atoms with Crippen LogP contribution in [0.3, 0.4) is 0 Å². The Morgan fingerprint density at radius 3 is 2.53 bits per heavy atom. The number of primary sulfonamides is 1. The van der Waals surface area contributed by atoms with Crippen molar-refractivity contribution in [2.24, 2.45) is 5.14 Å². The second kappa shape index (κ2) is 8.82. The SMILES string of the molecule is COc1ccc(-c2nc(C)c(C(=O)NCc3cccc(S(N)(=O)=O)c3)s2)cc1OC. The van der Waals surface area contributed by atoms with Crippen molar-refractivity contribution in [3.63, 3.8) is 0 Å². The van der Waals surface area contributed by atoms with Crippen molar-refractivity contribution in [2.75, 3.05) is 14.2 Å². The van der Waals surface area contributed by atoms with Crippen molar-refractivity contribution in [3.05, 3.63) is 58.6 Å². The number of rotatable bonds is 7. The highest BCUT2D eigenvalue weighted by molar-refractivity contribution is 7.89. The van der Waals surface area contributed by atoms with Crippen LogP contribution < -0.4 is 19.9 Å². The second-order valence-corrected chi connectivity index (χ2v) is 8.94. The van der Waals surface area contributed by atoms with Crippen molar-refractivity contribution in [1.82, 2.24) is 10.3 Å². The van der Waals surface area contributed by atoms with Crippen LogP contribution in [0.25, 0.3) is 10.6 Å². The fourth-order valence-corrected chi connectivity index (χ4v) is 4.36. The molecule has 1 amide bonds. The van der Waals surface area contributed by atoms with E-state index in [1.165, 1.54) is 23.5 Å². The summed E-state index contributed by atoms with van der Waals surface area (Å²) in [6.07, 6.45) is 0. The third-order valence-corrected chi connectivity index (χ3v) is 6.43. The van der Waals surface area contributed by atoms with Gasteiger partial charge in [0.1, 0.15) is 9.88 Å². The summed E-state index contributed by atoms with van der Waals surface area (Å²) in [5, 5.41) is 8.62. The van der Waals surface area contributed by atoms with Crippen LogP contribution >= 0.6 is 11.3 Å². The van der Waals surface area contributed by atoms with Crippen LogP contribution in [0.4, 0.5) is 0 Å². The smallest absolute Gasteiger partial charge is 0.263 e. The van der Waals surface area contributed by atoms with E-state index in [4.69, 9.17) is 14.6 Å². The summed E-state index contributed by atoms with van der Waals surface area (Å²) in [6.45, 7) is 1.92. The number of nitrogens with one attached hydrogen (secondary N) is 1. The third-order valence-electron chi connectivity index (χ3n) is 4.31. The summed E-state index contributed by atoms with van der Waals surface area (Å²) in [6, 6.07) is 11.6. The summed E-state index contributed by atoms with van der Waals surface area (Å²) >= 11 is 1.26. The van der Waals surface area contributed by atoms with Gasteiger partial charge in [-0.3, -0.25) is 4.79 Å². The molecule has 30 heavy (non-hydrogen) atoms. The number of amides is 1. The Bertz CT molecular complexity index is 1190. The van der Waals surface area contributed by atoms with Gasteiger partial charge in [-0.05, 0) is 42.8 Å². The number of hydrogen-bond acceptors (Lipinski definition) is 7. The van der Waals surface area contributed by atoms with E-state index in [0.29, 0.717) is 32.6 Å². The number of carbonyl (C=O) groups excluding carboxylic acids is 1. The molecule has 1 heterocycles. The van der Waals surface area contributed by atoms with Crippen molar-refractivity contribution >= 4 is 27.3 Å². The number of thiazole rings is 1. The zero-order valence-corrected chi connectivity index (χ0v) is 18.3. The summed E-state index contributed by atoms with van der Waals surface area (Å²) in [5.41, 5.74) is 2.03. The predicted molar refractivity (Wildman–Crippen MR) is 114 cm³/mol. The Morgan fingerprint density at radius 2 is 1.87 bits per heavy atom. The van der Waals surface area contributed by atoms with Gasteiger partial charge in [-0.25, -0.2) is 18.5 Å². The van der Waals surface area contributed by atoms with Crippen LogP contribution in [0.2, 0.25) is 0 Å². The minimum atomic E-state index is -3.80. The fourth-order valence-electron chi connectivity index (χ4n) is 2.79. The van der Waals surface area contributed by atoms with E-state index in [1.54, 1.807) is 45.4 Å². The Labute approximate surface area is 178 Å². The first-order valence-corrected chi connectivity index (χ1v) is 11.2. The van der Waals surface area contributed by atoms with Gasteiger partial charge in [0, 0.05) is 12.1 Å². The minimum absolute atomic E-state index is 0.000964. The summed E-state index contributed by atoms with van der Waals surface area (Å²) in [4.78, 5) is 17.6. The number of benzene rings is 2. The number of sulfonamides is 1. The van der Waals surface area contributed by atoms with Gasteiger partial charge in [-0.2, -0.15) is 0 Å². The van der Waals surface area contributed by atoms with Gasteiger partial charge in [-0.1, -0.05) is 12.1 Å². The number of methoxy groups -OCH3 is 2. The lowest BCUT2D eigenvalue weighted by Crippen LogP contribution is -2.23. The maximum atomic E-state index is 12.7. The molecule has 0 spiro atoms. The van der Waals surface area contributed by atoms with Gasteiger partial charge in [-0.15, -0.1) is 11.3 Å². The fraction of sp³-hybridized carbons (Fsp3) is 0.200. The topological polar surface area (TPSA) is 121 Å². The molecule has 0 saturated heterocycles. The lowest BCUT2D eigenvalue weighted by molar-refractivity contribution is 0.0954. The molecule has 3 rings (SSSR count). The largest absolute Gasteiger partial charge is 0.493 e. The van der Waals surface area contributed by atoms with E-state index >= 15 is 0 Å². The molecule has 0 bridgehead atoms. The normalized spacial score (nSPS) is 11.2. The van der Waals surface area contributed by atoms with Crippen LogP contribution in [-0.2, 0) is 16.6 Å². The Morgan fingerprint density at radius 1 is 1.13 bits per heavy atom. The molecule has 1 aromatic heterocycles. The number of ether oxygens (including phenoxy) is 2. The highest BCUT2D eigenvalue weighted by atomic mass is 32.2. The van der Waals surface area contributed by atoms with Crippen LogP contribution in [0.15, 0.2) is 47.4 Å². The molecule has 0 radical (unpaired) electrons. The Balaban J connectivity index is 1.78. The summed E-state index contributed by atoms with van der Waals surface area (Å²) < 4.78 is 33.5. The molecule has 3 aromatic rings. The molecule has 0 fully saturated rings. The van der Waals surface area contributed by atoms with Crippen LogP contribution in [-0.4, -0.2) is 33.5 Å². The number of hydrogen-bond donors (Lipinski definition) is 2. The van der Waals surface area contributed by atoms with Crippen molar-refractivity contribution in [3.8, 4) is 22.1 Å². The molecule has 10 heteroatoms. The maximum absolute atomic E-state index is 12.7. The first kappa shape index (κ1) is 21.8. The van der Waals surface area contributed by atoms with Crippen molar-refractivity contribution < 1.29 is 22.7 Å². The average Bonchev–Trinajstić information content (AvgIpc) is 3.12. The van der Waals surface area contributed by atoms with Gasteiger partial charge in [0.25, 0.3) is 5.91 Å². The highest BCUT2D eigenvalue weighted by Gasteiger charge is 2.17. The zero-order valence-electron chi connectivity index (χ0n) is 16.6. The lowest BCUT2D eigenvalue weighted by Gasteiger charge is -2.08. The molecule has 0 atom stereocenters. The molecule has 0 aliphatic heterocycles. The highest BCUT2D eigenvalue weighted by Crippen LogP contribution is 2.35. The molecule has 158 valence electrons. The van der Waals surface area contributed by atoms with Crippen LogP contribution in [0, 0.1) is 6.92 Å². The number of aryl methyl sites for hydroxylation is 1. The summed E-state index contributed by atoms with van der Waals surface area (Å²) in [7, 11) is -0.685. The lowest BCUT2D eigenvalue weighted by atomic mass is 10.2. The molecule has 0 saturated carbocycles. The first-order valence-electron chi connectivity index (χ1n) is 8.82. The van der Waals surface area contributed by atoms with Gasteiger partial charge < -0.3 is 14.8 Å². The number of nitrogens with two attached hydrogens (primary N) is 1. The molecule has 8 nitrogen and oxygen atoms in total. The van der Waals surface area contributed by atoms with E-state index in [2.05, 4.69) is 10.3 Å². The van der Waals surface area contributed by atoms with E-state index in [-0.39, 0.29) is 17.3 Å². The van der Waals surface area contributed by atoms with Crippen molar-refractivity contribution in [1.29, 1.82) is 0 Å². The van der Waals surface area contributed by atoms with Gasteiger partial charge in [0.15, 0.2) is 11.5 Å². The van der Waals surface area contributed by atoms with Crippen LogP contribution in [0.1, 0.15) is 20.9 Å². The van der Waals surface area contributed by atoms with E-state index in [0.717, 1.165) is 5.56 Å². The van der Waals surface area contributed by atoms with Crippen LogP contribution in [0.5, 0.6) is 11.5 Å². The average molecular weight is 448 g/mol. The Hall–Kier alpha value is -2.95. The first-order chi connectivity index (χ1) is 14.2. The van der Waals surface area contributed by atoms with Crippen molar-refractivity contribution in [2.45, 2.75) is 18.4 Å². The number of nitrogens with zero attached hydrogens (tertiary/aromatic N) is 1. The maximum Gasteiger partial charge on any atom is 0.263 e. The molecule has 0 aliphatic rings. The molecule has 0 aliphatic carbocycles. The second-order valence-electron chi connectivity index (χ2n) is 6.38. The van der Waals surface area contributed by atoms with E-state index < -0.39 is 10.0 Å². The monoisotopic (exact) mass is 447 g/mol. The standard InChI is InChI=1S/C20H21N3O5S2/c1-12-18(19(24)22-11-13-5-4-6-15(9-13)30(21,25)26)29-20(23-12)14-7-8-16(27-2)17(10-14)28-3/h4-10H,11H2,1-3H3,(H,22,24)(H2,21,25,26). The number of carbonyl (C=O) groups is 1. The zero-order chi connectivity index (χ0) is 21.9. The predicted octanol–water partition coefficient (Wildman–Crippen LogP) is 2.71. The van der Waals surface area contributed by atoms with E-state index in [1.807, 2.05) is 6.07 Å². The minimum Gasteiger partial charge on any atom is -0.493 e. The third kappa shape index (κ3) is 4.78. The molecule has 3 N–H and O–H groups in total. The Kier molecular flexibility index (Phi) is 6.40. The molecule has 0 unspecified atom stereocenters. The van der Waals surface area contributed by atoms with Gasteiger partial charge in [0.2, 0.25) is 10.0 Å².